The maximum atomic E-state index is 6.14. The van der Waals surface area contributed by atoms with Gasteiger partial charge >= 0.3 is 0 Å². The van der Waals surface area contributed by atoms with Gasteiger partial charge in [0.05, 0.1) is 11.1 Å². The third-order valence-electron chi connectivity index (χ3n) is 2.90. The molecule has 6 nitrogen and oxygen atoms in total. The molecule has 102 valence electrons. The van der Waals surface area contributed by atoms with Crippen molar-refractivity contribution in [1.82, 2.24) is 25.2 Å². The summed E-state index contributed by atoms with van der Waals surface area (Å²) in [6, 6.07) is 1.74. The lowest BCUT2D eigenvalue weighted by Crippen LogP contribution is -2.30. The first kappa shape index (κ1) is 13.9. The maximum Gasteiger partial charge on any atom is 0.138 e. The fourth-order valence-electron chi connectivity index (χ4n) is 1.95. The fraction of sp³-hybridized carbons (Fsp3) is 0.417. The van der Waals surface area contributed by atoms with Crippen molar-refractivity contribution in [1.29, 1.82) is 0 Å². The lowest BCUT2D eigenvalue weighted by Gasteiger charge is -2.17. The molecule has 1 atom stereocenters. The Balaban J connectivity index is 2.19. The quantitative estimate of drug-likeness (QED) is 0.619. The minimum Gasteiger partial charge on any atom is -0.271 e. The summed E-state index contributed by atoms with van der Waals surface area (Å²) in [5.41, 5.74) is 3.68. The number of nitrogens with two attached hydrogens (primary N) is 1. The minimum atomic E-state index is -0.115. The molecular weight excluding hydrogens is 264 g/mol. The van der Waals surface area contributed by atoms with E-state index in [-0.39, 0.29) is 6.04 Å². The molecule has 2 rings (SSSR count). The Morgan fingerprint density at radius 2 is 2.37 bits per heavy atom. The molecule has 19 heavy (non-hydrogen) atoms. The SMILES string of the molecule is CCCn1ncnc1CC(NN)c1ccncc1Cl. The van der Waals surface area contributed by atoms with Crippen LogP contribution in [-0.2, 0) is 13.0 Å². The first-order valence-corrected chi connectivity index (χ1v) is 6.56. The van der Waals surface area contributed by atoms with Gasteiger partial charge in [0.15, 0.2) is 0 Å². The lowest BCUT2D eigenvalue weighted by atomic mass is 10.1. The highest BCUT2D eigenvalue weighted by atomic mass is 35.5. The number of hydrogen-bond donors (Lipinski definition) is 2. The third-order valence-corrected chi connectivity index (χ3v) is 3.21. The number of aromatic nitrogens is 4. The Bertz CT molecular complexity index is 526. The first-order chi connectivity index (χ1) is 9.26. The molecule has 7 heteroatoms. The molecule has 0 fully saturated rings. The normalized spacial score (nSPS) is 12.6. The van der Waals surface area contributed by atoms with Gasteiger partial charge in [-0.15, -0.1) is 0 Å². The van der Waals surface area contributed by atoms with E-state index >= 15 is 0 Å². The van der Waals surface area contributed by atoms with Crippen molar-refractivity contribution in [3.05, 3.63) is 41.2 Å². The Morgan fingerprint density at radius 3 is 3.05 bits per heavy atom. The van der Waals surface area contributed by atoms with Crippen LogP contribution in [0.5, 0.6) is 0 Å². The molecule has 0 radical (unpaired) electrons. The van der Waals surface area contributed by atoms with Crippen molar-refractivity contribution in [3.8, 4) is 0 Å². The van der Waals surface area contributed by atoms with E-state index < -0.39 is 0 Å². The first-order valence-electron chi connectivity index (χ1n) is 6.18. The molecule has 0 aliphatic rings. The largest absolute Gasteiger partial charge is 0.271 e. The molecule has 0 saturated carbocycles. The van der Waals surface area contributed by atoms with Gasteiger partial charge < -0.3 is 0 Å². The Labute approximate surface area is 117 Å². The molecule has 0 saturated heterocycles. The molecule has 3 N–H and O–H groups in total. The summed E-state index contributed by atoms with van der Waals surface area (Å²) in [6.45, 7) is 2.95. The van der Waals surface area contributed by atoms with Gasteiger partial charge in [-0.25, -0.2) is 4.98 Å². The van der Waals surface area contributed by atoms with Crippen molar-refractivity contribution in [2.75, 3.05) is 0 Å². The van der Waals surface area contributed by atoms with Crippen molar-refractivity contribution in [2.45, 2.75) is 32.4 Å². The second-order valence-corrected chi connectivity index (χ2v) is 4.63. The zero-order valence-corrected chi connectivity index (χ0v) is 11.5. The van der Waals surface area contributed by atoms with Crippen LogP contribution < -0.4 is 11.3 Å². The van der Waals surface area contributed by atoms with E-state index in [9.17, 15) is 0 Å². The average Bonchev–Trinajstić information content (AvgIpc) is 2.85. The summed E-state index contributed by atoms with van der Waals surface area (Å²) < 4.78 is 1.89. The number of aryl methyl sites for hydroxylation is 1. The second-order valence-electron chi connectivity index (χ2n) is 4.22. The smallest absolute Gasteiger partial charge is 0.138 e. The van der Waals surface area contributed by atoms with Gasteiger partial charge in [0.1, 0.15) is 12.2 Å². The number of hydrogen-bond acceptors (Lipinski definition) is 5. The highest BCUT2D eigenvalue weighted by Gasteiger charge is 2.17. The van der Waals surface area contributed by atoms with Crippen LogP contribution in [0, 0.1) is 0 Å². The molecule has 2 aromatic rings. The third kappa shape index (κ3) is 3.28. The van der Waals surface area contributed by atoms with Gasteiger partial charge in [-0.2, -0.15) is 5.10 Å². The van der Waals surface area contributed by atoms with Gasteiger partial charge in [0.25, 0.3) is 0 Å². The number of nitrogens with one attached hydrogen (secondary N) is 1. The van der Waals surface area contributed by atoms with Gasteiger partial charge in [-0.1, -0.05) is 18.5 Å². The summed E-state index contributed by atoms with van der Waals surface area (Å²) in [4.78, 5) is 8.25. The molecule has 0 aliphatic heterocycles. The molecule has 1 unspecified atom stereocenters. The molecule has 0 aliphatic carbocycles. The van der Waals surface area contributed by atoms with E-state index in [0.29, 0.717) is 11.4 Å². The van der Waals surface area contributed by atoms with Crippen molar-refractivity contribution >= 4 is 11.6 Å². The van der Waals surface area contributed by atoms with E-state index in [0.717, 1.165) is 24.4 Å². The van der Waals surface area contributed by atoms with Crippen LogP contribution in [0.4, 0.5) is 0 Å². The highest BCUT2D eigenvalue weighted by Crippen LogP contribution is 2.23. The number of halogens is 1. The maximum absolute atomic E-state index is 6.14. The van der Waals surface area contributed by atoms with E-state index in [1.54, 1.807) is 18.7 Å². The zero-order valence-electron chi connectivity index (χ0n) is 10.8. The predicted octanol–water partition coefficient (Wildman–Crippen LogP) is 1.48. The Hall–Kier alpha value is -1.50. The van der Waals surface area contributed by atoms with E-state index in [2.05, 4.69) is 27.4 Å². The monoisotopic (exact) mass is 280 g/mol. The van der Waals surface area contributed by atoms with Crippen molar-refractivity contribution in [2.24, 2.45) is 5.84 Å². The van der Waals surface area contributed by atoms with Gasteiger partial charge in [-0.05, 0) is 18.1 Å². The highest BCUT2D eigenvalue weighted by molar-refractivity contribution is 6.31. The van der Waals surface area contributed by atoms with Crippen LogP contribution in [0.2, 0.25) is 5.02 Å². The van der Waals surface area contributed by atoms with E-state index in [1.807, 2.05) is 10.7 Å². The van der Waals surface area contributed by atoms with Crippen LogP contribution in [0.1, 0.15) is 30.8 Å². The number of rotatable bonds is 6. The van der Waals surface area contributed by atoms with Gasteiger partial charge in [-0.3, -0.25) is 20.9 Å². The number of pyridine rings is 1. The summed E-state index contributed by atoms with van der Waals surface area (Å²) >= 11 is 6.14. The van der Waals surface area contributed by atoms with Crippen molar-refractivity contribution < 1.29 is 0 Å². The molecule has 0 bridgehead atoms. The van der Waals surface area contributed by atoms with Crippen molar-refractivity contribution in [3.63, 3.8) is 0 Å². The van der Waals surface area contributed by atoms with Crippen LogP contribution in [0.25, 0.3) is 0 Å². The Morgan fingerprint density at radius 1 is 1.53 bits per heavy atom. The molecule has 2 heterocycles. The Kier molecular flexibility index (Phi) is 4.84. The molecule has 2 aromatic heterocycles. The summed E-state index contributed by atoms with van der Waals surface area (Å²) in [5, 5.41) is 4.79. The summed E-state index contributed by atoms with van der Waals surface area (Å²) in [7, 11) is 0. The molecule has 0 amide bonds. The van der Waals surface area contributed by atoms with Crippen LogP contribution in [0.15, 0.2) is 24.8 Å². The average molecular weight is 281 g/mol. The van der Waals surface area contributed by atoms with Gasteiger partial charge in [0, 0.05) is 25.4 Å². The predicted molar refractivity (Wildman–Crippen MR) is 73.3 cm³/mol. The molecule has 0 aromatic carbocycles. The zero-order chi connectivity index (χ0) is 13.7. The lowest BCUT2D eigenvalue weighted by molar-refractivity contribution is 0.499. The molecular formula is C12H17ClN6. The van der Waals surface area contributed by atoms with Crippen LogP contribution in [-0.4, -0.2) is 19.7 Å². The standard InChI is InChI=1S/C12H17ClN6/c1-2-5-19-12(16-8-17-19)6-11(18-14)9-3-4-15-7-10(9)13/h3-4,7-8,11,18H,2,5-6,14H2,1H3. The molecule has 0 spiro atoms. The number of nitrogens with zero attached hydrogens (tertiary/aromatic N) is 4. The van der Waals surface area contributed by atoms with Crippen LogP contribution in [0.3, 0.4) is 0 Å². The fourth-order valence-corrected chi connectivity index (χ4v) is 2.21. The topological polar surface area (TPSA) is 81.7 Å². The van der Waals surface area contributed by atoms with E-state index in [4.69, 9.17) is 17.4 Å². The summed E-state index contributed by atoms with van der Waals surface area (Å²) in [5.74, 6) is 6.51. The van der Waals surface area contributed by atoms with Crippen LogP contribution >= 0.6 is 11.6 Å². The van der Waals surface area contributed by atoms with E-state index in [1.165, 1.54) is 0 Å². The second kappa shape index (κ2) is 6.60. The number of hydrazine groups is 1. The van der Waals surface area contributed by atoms with Gasteiger partial charge in [0.2, 0.25) is 0 Å². The summed E-state index contributed by atoms with van der Waals surface area (Å²) in [6.07, 6.45) is 6.50. The minimum absolute atomic E-state index is 0.115.